The van der Waals surface area contributed by atoms with Crippen molar-refractivity contribution >= 4 is 11.9 Å². The molecule has 32 heavy (non-hydrogen) atoms. The lowest BCUT2D eigenvalue weighted by atomic mass is 10.0. The standard InChI is InChI=1S/C28H27NO3/c1-19-7-5-6-16-29(19)18-24-25(30)15-14-23-27(31)26(32-28(23)24)17-20-10-12-22(13-11-20)21-8-3-2-4-9-21/h2-4,8-15,17,19,30H,5-7,16,18H2,1H3/b26-17-/t19-/m1/s1. The highest BCUT2D eigenvalue weighted by atomic mass is 16.5. The molecule has 0 aliphatic carbocycles. The van der Waals surface area contributed by atoms with E-state index in [-0.39, 0.29) is 11.5 Å². The van der Waals surface area contributed by atoms with Crippen molar-refractivity contribution in [2.75, 3.05) is 6.54 Å². The molecule has 4 nitrogen and oxygen atoms in total. The molecule has 4 heteroatoms. The number of ketones is 1. The largest absolute Gasteiger partial charge is 0.507 e. The maximum absolute atomic E-state index is 13.0. The maximum atomic E-state index is 13.0. The molecule has 0 aromatic heterocycles. The minimum atomic E-state index is -0.139. The maximum Gasteiger partial charge on any atom is 0.231 e. The van der Waals surface area contributed by atoms with Crippen LogP contribution in [0, 0.1) is 0 Å². The summed E-state index contributed by atoms with van der Waals surface area (Å²) in [6.07, 6.45) is 5.33. The fraction of sp³-hybridized carbons (Fsp3) is 0.250. The van der Waals surface area contributed by atoms with Crippen molar-refractivity contribution in [3.63, 3.8) is 0 Å². The summed E-state index contributed by atoms with van der Waals surface area (Å²) in [7, 11) is 0. The molecule has 0 unspecified atom stereocenters. The lowest BCUT2D eigenvalue weighted by molar-refractivity contribution is 0.101. The number of rotatable bonds is 4. The first-order valence-electron chi connectivity index (χ1n) is 11.3. The molecule has 1 fully saturated rings. The Bertz CT molecular complexity index is 1170. The van der Waals surface area contributed by atoms with Crippen molar-refractivity contribution in [3.8, 4) is 22.6 Å². The number of nitrogens with zero attached hydrogens (tertiary/aromatic N) is 1. The minimum Gasteiger partial charge on any atom is -0.507 e. The number of aromatic hydroxyl groups is 1. The summed E-state index contributed by atoms with van der Waals surface area (Å²) in [5.41, 5.74) is 4.40. The van der Waals surface area contributed by atoms with Gasteiger partial charge in [-0.25, -0.2) is 0 Å². The van der Waals surface area contributed by atoms with Crippen molar-refractivity contribution in [2.45, 2.75) is 38.8 Å². The molecule has 1 N–H and O–H groups in total. The number of fused-ring (bicyclic) bond motifs is 1. The van der Waals surface area contributed by atoms with Crippen LogP contribution < -0.4 is 4.74 Å². The molecule has 5 rings (SSSR count). The molecule has 2 aliphatic rings. The van der Waals surface area contributed by atoms with Gasteiger partial charge in [0.1, 0.15) is 11.5 Å². The SMILES string of the molecule is C[C@@H]1CCCCN1Cc1c(O)ccc2c1O/C(=C\c1ccc(-c3ccccc3)cc1)C2=O. The first-order chi connectivity index (χ1) is 15.6. The van der Waals surface area contributed by atoms with Crippen LogP contribution in [0.25, 0.3) is 17.2 Å². The van der Waals surface area contributed by atoms with Crippen molar-refractivity contribution in [2.24, 2.45) is 0 Å². The van der Waals surface area contributed by atoms with E-state index in [0.29, 0.717) is 35.2 Å². The monoisotopic (exact) mass is 425 g/mol. The number of phenolic OH excluding ortho intramolecular Hbond substituents is 1. The van der Waals surface area contributed by atoms with Crippen LogP contribution in [0.1, 0.15) is 47.7 Å². The summed E-state index contributed by atoms with van der Waals surface area (Å²) in [6, 6.07) is 22.0. The Kier molecular flexibility index (Phi) is 5.54. The van der Waals surface area contributed by atoms with Crippen LogP contribution in [0.15, 0.2) is 72.5 Å². The van der Waals surface area contributed by atoms with Crippen molar-refractivity contribution in [3.05, 3.63) is 89.2 Å². The Labute approximate surface area is 188 Å². The molecule has 162 valence electrons. The zero-order chi connectivity index (χ0) is 22.1. The number of ether oxygens (including phenoxy) is 1. The van der Waals surface area contributed by atoms with E-state index in [9.17, 15) is 9.90 Å². The fourth-order valence-electron chi connectivity index (χ4n) is 4.60. The second-order valence-electron chi connectivity index (χ2n) is 8.68. The predicted molar refractivity (Wildman–Crippen MR) is 127 cm³/mol. The van der Waals surface area contributed by atoms with Crippen LogP contribution in [0.3, 0.4) is 0 Å². The number of carbonyl (C=O) groups is 1. The fourth-order valence-corrected chi connectivity index (χ4v) is 4.60. The van der Waals surface area contributed by atoms with Gasteiger partial charge in [0, 0.05) is 12.6 Å². The van der Waals surface area contributed by atoms with E-state index in [0.717, 1.165) is 36.1 Å². The number of likely N-dealkylation sites (tertiary alicyclic amines) is 1. The zero-order valence-electron chi connectivity index (χ0n) is 18.3. The molecule has 0 amide bonds. The van der Waals surface area contributed by atoms with Crippen LogP contribution in [-0.2, 0) is 6.54 Å². The highest BCUT2D eigenvalue weighted by Gasteiger charge is 2.32. The van der Waals surface area contributed by atoms with Crippen molar-refractivity contribution in [1.82, 2.24) is 4.90 Å². The summed E-state index contributed by atoms with van der Waals surface area (Å²) >= 11 is 0. The smallest absolute Gasteiger partial charge is 0.231 e. The second-order valence-corrected chi connectivity index (χ2v) is 8.68. The van der Waals surface area contributed by atoms with Crippen LogP contribution in [-0.4, -0.2) is 28.4 Å². The number of piperidine rings is 1. The summed E-state index contributed by atoms with van der Waals surface area (Å²) in [4.78, 5) is 15.4. The molecule has 0 saturated carbocycles. The Hall–Kier alpha value is -3.37. The second kappa shape index (κ2) is 8.64. The third-order valence-corrected chi connectivity index (χ3v) is 6.53. The molecular formula is C28H27NO3. The van der Waals surface area contributed by atoms with Gasteiger partial charge in [-0.1, -0.05) is 61.0 Å². The molecular weight excluding hydrogens is 398 g/mol. The van der Waals surface area contributed by atoms with E-state index in [1.54, 1.807) is 18.2 Å². The van der Waals surface area contributed by atoms with Crippen LogP contribution >= 0.6 is 0 Å². The van der Waals surface area contributed by atoms with Gasteiger partial charge in [-0.15, -0.1) is 0 Å². The minimum absolute atomic E-state index is 0.139. The van der Waals surface area contributed by atoms with E-state index in [1.165, 1.54) is 6.42 Å². The summed E-state index contributed by atoms with van der Waals surface area (Å²) in [5.74, 6) is 0.841. The number of allylic oxidation sites excluding steroid dienone is 1. The predicted octanol–water partition coefficient (Wildman–Crippen LogP) is 6.05. The molecule has 1 atom stereocenters. The average Bonchev–Trinajstić information content (AvgIpc) is 3.13. The van der Waals surface area contributed by atoms with Crippen LogP contribution in [0.4, 0.5) is 0 Å². The van der Waals surface area contributed by atoms with Crippen molar-refractivity contribution in [1.29, 1.82) is 0 Å². The lowest BCUT2D eigenvalue weighted by Crippen LogP contribution is -2.36. The Balaban J connectivity index is 1.41. The number of hydrogen-bond acceptors (Lipinski definition) is 4. The Morgan fingerprint density at radius 3 is 2.50 bits per heavy atom. The molecule has 0 bridgehead atoms. The molecule has 2 heterocycles. The van der Waals surface area contributed by atoms with Gasteiger partial charge < -0.3 is 9.84 Å². The topological polar surface area (TPSA) is 49.8 Å². The van der Waals surface area contributed by atoms with E-state index < -0.39 is 0 Å². The molecule has 0 spiro atoms. The van der Waals surface area contributed by atoms with Gasteiger partial charge in [0.15, 0.2) is 5.76 Å². The van der Waals surface area contributed by atoms with E-state index in [4.69, 9.17) is 4.74 Å². The van der Waals surface area contributed by atoms with Gasteiger partial charge in [0.25, 0.3) is 0 Å². The van der Waals surface area contributed by atoms with Crippen LogP contribution in [0.5, 0.6) is 11.5 Å². The molecule has 3 aromatic rings. The van der Waals surface area contributed by atoms with Gasteiger partial charge in [-0.05, 0) is 61.2 Å². The first kappa shape index (κ1) is 20.5. The molecule has 1 saturated heterocycles. The quantitative estimate of drug-likeness (QED) is 0.517. The summed E-state index contributed by atoms with van der Waals surface area (Å²) in [5, 5.41) is 10.6. The first-order valence-corrected chi connectivity index (χ1v) is 11.3. The normalized spacial score (nSPS) is 19.7. The summed E-state index contributed by atoms with van der Waals surface area (Å²) in [6.45, 7) is 3.80. The van der Waals surface area contributed by atoms with E-state index in [1.807, 2.05) is 42.5 Å². The average molecular weight is 426 g/mol. The van der Waals surface area contributed by atoms with Crippen molar-refractivity contribution < 1.29 is 14.6 Å². The lowest BCUT2D eigenvalue weighted by Gasteiger charge is -2.33. The number of hydrogen-bond donors (Lipinski definition) is 1. The zero-order valence-corrected chi connectivity index (χ0v) is 18.3. The van der Waals surface area contributed by atoms with E-state index in [2.05, 4.69) is 24.0 Å². The number of carbonyl (C=O) groups excluding carboxylic acids is 1. The van der Waals surface area contributed by atoms with Gasteiger partial charge in [-0.2, -0.15) is 0 Å². The van der Waals surface area contributed by atoms with Gasteiger partial charge >= 0.3 is 0 Å². The number of phenols is 1. The highest BCUT2D eigenvalue weighted by molar-refractivity contribution is 6.15. The van der Waals surface area contributed by atoms with Gasteiger partial charge in [0.05, 0.1) is 11.1 Å². The highest BCUT2D eigenvalue weighted by Crippen LogP contribution is 2.40. The van der Waals surface area contributed by atoms with E-state index >= 15 is 0 Å². The number of benzene rings is 3. The molecule has 0 radical (unpaired) electrons. The molecule has 2 aliphatic heterocycles. The van der Waals surface area contributed by atoms with Gasteiger partial charge in [0.2, 0.25) is 5.78 Å². The third kappa shape index (κ3) is 3.94. The van der Waals surface area contributed by atoms with Gasteiger partial charge in [-0.3, -0.25) is 9.69 Å². The Morgan fingerprint density at radius 1 is 1.00 bits per heavy atom. The third-order valence-electron chi connectivity index (χ3n) is 6.53. The summed E-state index contributed by atoms with van der Waals surface area (Å²) < 4.78 is 6.05. The van der Waals surface area contributed by atoms with Crippen LogP contribution in [0.2, 0.25) is 0 Å². The number of Topliss-reactive ketones (excluding diaryl/α,β-unsaturated/α-hetero) is 1. The Morgan fingerprint density at radius 2 is 1.75 bits per heavy atom. The molecule has 3 aromatic carbocycles.